The predicted molar refractivity (Wildman–Crippen MR) is 109 cm³/mol. The van der Waals surface area contributed by atoms with Crippen LogP contribution in [-0.4, -0.2) is 16.1 Å². The summed E-state index contributed by atoms with van der Waals surface area (Å²) in [6, 6.07) is 16.3. The maximum absolute atomic E-state index is 12.0. The molecule has 3 rings (SSSR count). The molecule has 3 aromatic rings. The lowest BCUT2D eigenvalue weighted by Gasteiger charge is -2.02. The predicted octanol–water partition coefficient (Wildman–Crippen LogP) is 5.10. The Morgan fingerprint density at radius 1 is 1.12 bits per heavy atom. The first-order valence-electron chi connectivity index (χ1n) is 8.17. The van der Waals surface area contributed by atoms with Crippen LogP contribution in [0.15, 0.2) is 58.9 Å². The van der Waals surface area contributed by atoms with E-state index in [-0.39, 0.29) is 5.91 Å². The van der Waals surface area contributed by atoms with E-state index >= 15 is 0 Å². The van der Waals surface area contributed by atoms with Crippen molar-refractivity contribution in [2.75, 3.05) is 5.32 Å². The summed E-state index contributed by atoms with van der Waals surface area (Å²) in [7, 11) is 0. The SMILES string of the molecule is Cc1ccc(/C=C/C(=O)Nc2nnc(SCc3ccccc3C)s2)cc1. The zero-order valence-electron chi connectivity index (χ0n) is 14.6. The Kier molecular flexibility index (Phi) is 6.20. The second-order valence-corrected chi connectivity index (χ2v) is 8.02. The third kappa shape index (κ3) is 5.28. The molecule has 0 atom stereocenters. The number of thioether (sulfide) groups is 1. The number of carbonyl (C=O) groups is 1. The van der Waals surface area contributed by atoms with Gasteiger partial charge in [0.15, 0.2) is 4.34 Å². The lowest BCUT2D eigenvalue weighted by atomic mass is 10.1. The lowest BCUT2D eigenvalue weighted by molar-refractivity contribution is -0.111. The minimum atomic E-state index is -0.211. The van der Waals surface area contributed by atoms with Gasteiger partial charge in [-0.05, 0) is 36.6 Å². The summed E-state index contributed by atoms with van der Waals surface area (Å²) in [5.41, 5.74) is 4.72. The van der Waals surface area contributed by atoms with E-state index in [9.17, 15) is 4.79 Å². The second kappa shape index (κ2) is 8.78. The lowest BCUT2D eigenvalue weighted by Crippen LogP contribution is -2.07. The van der Waals surface area contributed by atoms with Crippen LogP contribution in [0.5, 0.6) is 0 Å². The van der Waals surface area contributed by atoms with Crippen molar-refractivity contribution in [3.8, 4) is 0 Å². The molecule has 1 aromatic heterocycles. The largest absolute Gasteiger partial charge is 0.297 e. The van der Waals surface area contributed by atoms with E-state index in [0.29, 0.717) is 5.13 Å². The van der Waals surface area contributed by atoms with Crippen LogP contribution in [0.1, 0.15) is 22.3 Å². The maximum Gasteiger partial charge on any atom is 0.250 e. The molecule has 0 bridgehead atoms. The van der Waals surface area contributed by atoms with Gasteiger partial charge in [0, 0.05) is 11.8 Å². The van der Waals surface area contributed by atoms with Crippen LogP contribution in [0.2, 0.25) is 0 Å². The molecule has 0 aliphatic carbocycles. The Labute approximate surface area is 161 Å². The molecule has 0 unspecified atom stereocenters. The Hall–Kier alpha value is -2.44. The van der Waals surface area contributed by atoms with Crippen LogP contribution in [0.4, 0.5) is 5.13 Å². The molecule has 0 fully saturated rings. The zero-order chi connectivity index (χ0) is 18.4. The van der Waals surface area contributed by atoms with Gasteiger partial charge in [-0.3, -0.25) is 10.1 Å². The Balaban J connectivity index is 1.53. The molecule has 1 amide bonds. The van der Waals surface area contributed by atoms with Crippen molar-refractivity contribution in [2.24, 2.45) is 0 Å². The highest BCUT2D eigenvalue weighted by molar-refractivity contribution is 8.00. The number of aromatic nitrogens is 2. The normalized spacial score (nSPS) is 11.0. The molecule has 132 valence electrons. The Bertz CT molecular complexity index is 917. The fourth-order valence-corrected chi connectivity index (χ4v) is 4.06. The van der Waals surface area contributed by atoms with Gasteiger partial charge < -0.3 is 0 Å². The first-order valence-corrected chi connectivity index (χ1v) is 9.97. The van der Waals surface area contributed by atoms with Crippen LogP contribution in [-0.2, 0) is 10.5 Å². The van der Waals surface area contributed by atoms with E-state index in [0.717, 1.165) is 15.7 Å². The highest BCUT2D eigenvalue weighted by Crippen LogP contribution is 2.29. The molecule has 0 spiro atoms. The van der Waals surface area contributed by atoms with Gasteiger partial charge in [-0.25, -0.2) is 0 Å². The fraction of sp³-hybridized carbons (Fsp3) is 0.150. The summed E-state index contributed by atoms with van der Waals surface area (Å²) in [6.07, 6.45) is 3.29. The fourth-order valence-electron chi connectivity index (χ4n) is 2.23. The van der Waals surface area contributed by atoms with Gasteiger partial charge >= 0.3 is 0 Å². The number of hydrogen-bond donors (Lipinski definition) is 1. The van der Waals surface area contributed by atoms with Gasteiger partial charge in [-0.15, -0.1) is 10.2 Å². The van der Waals surface area contributed by atoms with Crippen LogP contribution >= 0.6 is 23.1 Å². The highest BCUT2D eigenvalue weighted by Gasteiger charge is 2.08. The first kappa shape index (κ1) is 18.4. The van der Waals surface area contributed by atoms with Crippen LogP contribution < -0.4 is 5.32 Å². The number of benzene rings is 2. The average Bonchev–Trinajstić information content (AvgIpc) is 3.08. The molecular weight excluding hydrogens is 362 g/mol. The first-order chi connectivity index (χ1) is 12.6. The molecular formula is C20H19N3OS2. The van der Waals surface area contributed by atoms with E-state index in [1.165, 1.54) is 34.1 Å². The van der Waals surface area contributed by atoms with E-state index in [2.05, 4.69) is 34.6 Å². The number of nitrogens with one attached hydrogen (secondary N) is 1. The maximum atomic E-state index is 12.0. The summed E-state index contributed by atoms with van der Waals surface area (Å²) in [5.74, 6) is 0.625. The number of anilines is 1. The monoisotopic (exact) mass is 381 g/mol. The van der Waals surface area contributed by atoms with Crippen molar-refractivity contribution in [3.63, 3.8) is 0 Å². The molecule has 0 aliphatic rings. The third-order valence-electron chi connectivity index (χ3n) is 3.75. The van der Waals surface area contributed by atoms with Gasteiger partial charge in [0.05, 0.1) is 0 Å². The van der Waals surface area contributed by atoms with Crippen molar-refractivity contribution in [2.45, 2.75) is 23.9 Å². The molecule has 26 heavy (non-hydrogen) atoms. The smallest absolute Gasteiger partial charge is 0.250 e. The van der Waals surface area contributed by atoms with Crippen LogP contribution in [0.3, 0.4) is 0 Å². The van der Waals surface area contributed by atoms with E-state index in [4.69, 9.17) is 0 Å². The number of rotatable bonds is 6. The standard InChI is InChI=1S/C20H19N3OS2/c1-14-7-9-16(10-8-14)11-12-18(24)21-19-22-23-20(26-19)25-13-17-6-4-3-5-15(17)2/h3-12H,13H2,1-2H3,(H,21,22,24)/b12-11+. The van der Waals surface area contributed by atoms with Gasteiger partial charge in [0.25, 0.3) is 0 Å². The van der Waals surface area contributed by atoms with E-state index in [1.807, 2.05) is 43.3 Å². The molecule has 0 saturated heterocycles. The molecule has 0 radical (unpaired) electrons. The Morgan fingerprint density at radius 3 is 2.65 bits per heavy atom. The summed E-state index contributed by atoms with van der Waals surface area (Å²) in [6.45, 7) is 4.13. The second-order valence-electron chi connectivity index (χ2n) is 5.82. The molecule has 2 aromatic carbocycles. The van der Waals surface area contributed by atoms with Crippen molar-refractivity contribution < 1.29 is 4.79 Å². The van der Waals surface area contributed by atoms with Crippen molar-refractivity contribution in [1.82, 2.24) is 10.2 Å². The van der Waals surface area contributed by atoms with Gasteiger partial charge in [-0.1, -0.05) is 77.2 Å². The number of amides is 1. The van der Waals surface area contributed by atoms with E-state index in [1.54, 1.807) is 17.8 Å². The summed E-state index contributed by atoms with van der Waals surface area (Å²) in [5, 5.41) is 11.4. The van der Waals surface area contributed by atoms with Gasteiger partial charge in [0.1, 0.15) is 0 Å². The molecule has 0 aliphatic heterocycles. The molecule has 1 N–H and O–H groups in total. The minimum absolute atomic E-state index is 0.211. The minimum Gasteiger partial charge on any atom is -0.297 e. The molecule has 6 heteroatoms. The number of carbonyl (C=O) groups excluding carboxylic acids is 1. The summed E-state index contributed by atoms with van der Waals surface area (Å²) in [4.78, 5) is 12.0. The molecule has 4 nitrogen and oxygen atoms in total. The molecule has 1 heterocycles. The van der Waals surface area contributed by atoms with Crippen LogP contribution in [0.25, 0.3) is 6.08 Å². The van der Waals surface area contributed by atoms with Crippen LogP contribution in [0, 0.1) is 13.8 Å². The zero-order valence-corrected chi connectivity index (χ0v) is 16.2. The molecule has 0 saturated carbocycles. The quantitative estimate of drug-likeness (QED) is 0.367. The Morgan fingerprint density at radius 2 is 1.88 bits per heavy atom. The van der Waals surface area contributed by atoms with Gasteiger partial charge in [0.2, 0.25) is 11.0 Å². The highest BCUT2D eigenvalue weighted by atomic mass is 32.2. The van der Waals surface area contributed by atoms with Gasteiger partial charge in [-0.2, -0.15) is 0 Å². The number of nitrogens with zero attached hydrogens (tertiary/aromatic N) is 2. The number of aryl methyl sites for hydroxylation is 2. The van der Waals surface area contributed by atoms with E-state index < -0.39 is 0 Å². The summed E-state index contributed by atoms with van der Waals surface area (Å²) >= 11 is 3.01. The average molecular weight is 382 g/mol. The summed E-state index contributed by atoms with van der Waals surface area (Å²) < 4.78 is 0.839. The topological polar surface area (TPSA) is 54.9 Å². The number of hydrogen-bond acceptors (Lipinski definition) is 5. The van der Waals surface area contributed by atoms with Crippen molar-refractivity contribution in [1.29, 1.82) is 0 Å². The van der Waals surface area contributed by atoms with Crippen molar-refractivity contribution in [3.05, 3.63) is 76.9 Å². The van der Waals surface area contributed by atoms with Crippen molar-refractivity contribution >= 4 is 40.2 Å². The third-order valence-corrected chi connectivity index (χ3v) is 5.77.